The molecule has 0 amide bonds. The molecule has 0 atom stereocenters. The van der Waals surface area contributed by atoms with Crippen LogP contribution in [0.2, 0.25) is 0 Å². The fourth-order valence-electron chi connectivity index (χ4n) is 0. The maximum absolute atomic E-state index is 0. The minimum atomic E-state index is 0. The molecule has 0 saturated carbocycles. The molecular formula is F2KMg+. The minimum absolute atomic E-state index is 0. The van der Waals surface area contributed by atoms with Crippen LogP contribution >= 0.6 is 0 Å². The molecule has 0 fully saturated rings. The van der Waals surface area contributed by atoms with Crippen LogP contribution in [-0.2, 0) is 0 Å². The molecule has 0 aliphatic heterocycles. The summed E-state index contributed by atoms with van der Waals surface area (Å²) in [4.78, 5) is 0. The van der Waals surface area contributed by atoms with Gasteiger partial charge in [0.25, 0.3) is 0 Å². The van der Waals surface area contributed by atoms with Gasteiger partial charge in [0.1, 0.15) is 0 Å². The van der Waals surface area contributed by atoms with Crippen LogP contribution in [0.4, 0.5) is 0 Å². The van der Waals surface area contributed by atoms with Gasteiger partial charge < -0.3 is 9.41 Å². The van der Waals surface area contributed by atoms with Crippen molar-refractivity contribution in [2.45, 2.75) is 0 Å². The van der Waals surface area contributed by atoms with Gasteiger partial charge in [-0.15, -0.1) is 0 Å². The van der Waals surface area contributed by atoms with E-state index in [1.807, 2.05) is 0 Å². The Bertz CT molecular complexity index is 6.00. The molecule has 4 heavy (non-hydrogen) atoms. The first-order valence-corrected chi connectivity index (χ1v) is 0. The predicted molar refractivity (Wildman–Crippen MR) is 5.75 cm³/mol. The Balaban J connectivity index is 0. The van der Waals surface area contributed by atoms with Gasteiger partial charge in [0.05, 0.1) is 0 Å². The Morgan fingerprint density at radius 3 is 0.750 bits per heavy atom. The van der Waals surface area contributed by atoms with Gasteiger partial charge in [-0.05, 0) is 0 Å². The smallest absolute Gasteiger partial charge is 1.00 e. The summed E-state index contributed by atoms with van der Waals surface area (Å²) < 4.78 is 0. The van der Waals surface area contributed by atoms with Gasteiger partial charge in [-0.1, -0.05) is 0 Å². The molecule has 0 aliphatic rings. The van der Waals surface area contributed by atoms with Crippen LogP contribution in [0.3, 0.4) is 0 Å². The van der Waals surface area contributed by atoms with Crippen LogP contribution in [-0.4, -0.2) is 23.1 Å². The molecule has 0 radical (unpaired) electrons. The summed E-state index contributed by atoms with van der Waals surface area (Å²) in [5.41, 5.74) is 0. The zero-order valence-electron chi connectivity index (χ0n) is 2.46. The first-order valence-electron chi connectivity index (χ1n) is 0. The average molecular weight is 101 g/mol. The topological polar surface area (TPSA) is 0 Å². The van der Waals surface area contributed by atoms with E-state index in [1.165, 1.54) is 0 Å². The van der Waals surface area contributed by atoms with Gasteiger partial charge in [-0.3, -0.25) is 0 Å². The predicted octanol–water partition coefficient (Wildman–Crippen LogP) is -9.37. The van der Waals surface area contributed by atoms with E-state index in [0.717, 1.165) is 0 Å². The van der Waals surface area contributed by atoms with Crippen molar-refractivity contribution in [1.82, 2.24) is 0 Å². The summed E-state index contributed by atoms with van der Waals surface area (Å²) in [6.07, 6.45) is 0. The van der Waals surface area contributed by atoms with Crippen molar-refractivity contribution in [2.75, 3.05) is 0 Å². The second-order valence-electron chi connectivity index (χ2n) is 0. The van der Waals surface area contributed by atoms with E-state index >= 15 is 0 Å². The molecule has 0 nitrogen and oxygen atoms in total. The third-order valence-corrected chi connectivity index (χ3v) is 0. The van der Waals surface area contributed by atoms with E-state index in [4.69, 9.17) is 0 Å². The Kier molecular flexibility index (Phi) is 158. The van der Waals surface area contributed by atoms with Gasteiger partial charge in [0.15, 0.2) is 0 Å². The van der Waals surface area contributed by atoms with Gasteiger partial charge >= 0.3 is 74.4 Å². The van der Waals surface area contributed by atoms with Crippen molar-refractivity contribution in [2.24, 2.45) is 0 Å². The van der Waals surface area contributed by atoms with Gasteiger partial charge in [-0.25, -0.2) is 0 Å². The molecule has 0 bridgehead atoms. The summed E-state index contributed by atoms with van der Waals surface area (Å²) >= 11 is 0. The quantitative estimate of drug-likeness (QED) is 0.266. The maximum atomic E-state index is 0. The largest absolute Gasteiger partial charge is 2.00 e. The monoisotopic (exact) mass is 101 g/mol. The standard InChI is InChI=1S/2FH.K.Mg/h2*1H;;/q;;+1;+2/p-2. The van der Waals surface area contributed by atoms with Crippen molar-refractivity contribution in [1.29, 1.82) is 0 Å². The SMILES string of the molecule is [F-].[F-].[K+].[Mg+2]. The molecule has 0 unspecified atom stereocenters. The first-order chi connectivity index (χ1) is 0. The van der Waals surface area contributed by atoms with E-state index in [2.05, 4.69) is 0 Å². The third-order valence-electron chi connectivity index (χ3n) is 0. The van der Waals surface area contributed by atoms with Crippen LogP contribution in [0.25, 0.3) is 0 Å². The van der Waals surface area contributed by atoms with Crippen molar-refractivity contribution >= 4 is 23.1 Å². The number of rotatable bonds is 0. The third kappa shape index (κ3) is 8.86. The number of halogens is 2. The fraction of sp³-hybridized carbons (Fsp3) is 0. The van der Waals surface area contributed by atoms with Gasteiger partial charge in [-0.2, -0.15) is 0 Å². The van der Waals surface area contributed by atoms with Crippen LogP contribution in [0.1, 0.15) is 0 Å². The first kappa shape index (κ1) is 33.9. The van der Waals surface area contributed by atoms with Crippen molar-refractivity contribution < 1.29 is 60.8 Å². The summed E-state index contributed by atoms with van der Waals surface area (Å²) in [7, 11) is 0. The van der Waals surface area contributed by atoms with E-state index < -0.39 is 0 Å². The van der Waals surface area contributed by atoms with E-state index in [-0.39, 0.29) is 83.8 Å². The van der Waals surface area contributed by atoms with Crippen LogP contribution in [0.15, 0.2) is 0 Å². The number of hydrogen-bond donors (Lipinski definition) is 0. The van der Waals surface area contributed by atoms with Crippen LogP contribution in [0.5, 0.6) is 0 Å². The zero-order valence-corrected chi connectivity index (χ0v) is 7.00. The fourth-order valence-corrected chi connectivity index (χ4v) is 0. The zero-order chi connectivity index (χ0) is 0. The summed E-state index contributed by atoms with van der Waals surface area (Å²) in [6.45, 7) is 0. The molecule has 0 rings (SSSR count). The molecule has 16 valence electrons. The second-order valence-corrected chi connectivity index (χ2v) is 0. The Morgan fingerprint density at radius 2 is 0.750 bits per heavy atom. The molecule has 0 heterocycles. The van der Waals surface area contributed by atoms with Crippen LogP contribution in [0, 0.1) is 0 Å². The molecule has 0 aliphatic carbocycles. The van der Waals surface area contributed by atoms with Gasteiger partial charge in [0, 0.05) is 0 Å². The Morgan fingerprint density at radius 1 is 0.750 bits per heavy atom. The number of hydrogen-bond acceptors (Lipinski definition) is 0. The molecule has 0 aromatic rings. The van der Waals surface area contributed by atoms with E-state index in [0.29, 0.717) is 0 Å². The molecule has 0 aromatic heterocycles. The Labute approximate surface area is 82.0 Å². The summed E-state index contributed by atoms with van der Waals surface area (Å²) in [5, 5.41) is 0. The molecule has 0 spiro atoms. The summed E-state index contributed by atoms with van der Waals surface area (Å²) in [5.74, 6) is 0. The molecule has 0 N–H and O–H groups in total. The molecular weight excluding hydrogens is 101 g/mol. The Hall–Kier alpha value is 2.26. The maximum Gasteiger partial charge on any atom is 2.00 e. The molecule has 0 aromatic carbocycles. The van der Waals surface area contributed by atoms with Crippen molar-refractivity contribution in [3.63, 3.8) is 0 Å². The van der Waals surface area contributed by atoms with Gasteiger partial charge in [0.2, 0.25) is 0 Å². The van der Waals surface area contributed by atoms with E-state index in [9.17, 15) is 0 Å². The van der Waals surface area contributed by atoms with E-state index in [1.54, 1.807) is 0 Å². The second kappa shape index (κ2) is 18.7. The summed E-state index contributed by atoms with van der Waals surface area (Å²) in [6, 6.07) is 0. The van der Waals surface area contributed by atoms with Crippen LogP contribution < -0.4 is 60.8 Å². The van der Waals surface area contributed by atoms with Crippen molar-refractivity contribution in [3.05, 3.63) is 0 Å². The van der Waals surface area contributed by atoms with Crippen molar-refractivity contribution in [3.8, 4) is 0 Å². The molecule has 4 heteroatoms. The molecule has 0 saturated heterocycles. The minimum Gasteiger partial charge on any atom is -1.00 e. The normalized spacial score (nSPS) is 0. The average Bonchev–Trinajstić information content (AvgIpc) is 0.